The number of halogens is 1. The number of piperidine rings is 1. The predicted octanol–water partition coefficient (Wildman–Crippen LogP) is 1.96. The van der Waals surface area contributed by atoms with E-state index in [9.17, 15) is 0 Å². The lowest BCUT2D eigenvalue weighted by Gasteiger charge is -2.34. The van der Waals surface area contributed by atoms with Crippen LogP contribution in [0.25, 0.3) is 0 Å². The summed E-state index contributed by atoms with van der Waals surface area (Å²) < 4.78 is 0. The van der Waals surface area contributed by atoms with Crippen molar-refractivity contribution >= 4 is 25.0 Å². The molecule has 0 N–H and O–H groups in total. The van der Waals surface area contributed by atoms with Crippen LogP contribution in [0.2, 0.25) is 0 Å². The van der Waals surface area contributed by atoms with Gasteiger partial charge in [-0.05, 0) is 32.7 Å². The van der Waals surface area contributed by atoms with Crippen LogP contribution in [-0.4, -0.2) is 29.3 Å². The Bertz CT molecular complexity index is 128. The van der Waals surface area contributed by atoms with Gasteiger partial charge in [0.1, 0.15) is 0 Å². The summed E-state index contributed by atoms with van der Waals surface area (Å²) in [7, 11) is 2.27. The standard InChI is InChI=1S/C8H15NS.ClH/c1-9-6-2-3-7(9)5-8(10)4-6;/h6-8,10H,2-5H2,1H3;1H. The number of thiol groups is 1. The van der Waals surface area contributed by atoms with Gasteiger partial charge in [-0.25, -0.2) is 0 Å². The Morgan fingerprint density at radius 3 is 2.09 bits per heavy atom. The minimum Gasteiger partial charge on any atom is -0.300 e. The Morgan fingerprint density at radius 2 is 1.64 bits per heavy atom. The normalized spacial score (nSPS) is 43.6. The molecule has 0 saturated carbocycles. The quantitative estimate of drug-likeness (QED) is 0.576. The topological polar surface area (TPSA) is 3.24 Å². The molecule has 2 unspecified atom stereocenters. The van der Waals surface area contributed by atoms with E-state index < -0.39 is 0 Å². The van der Waals surface area contributed by atoms with Crippen LogP contribution in [0, 0.1) is 0 Å². The van der Waals surface area contributed by atoms with E-state index in [1.165, 1.54) is 25.7 Å². The molecule has 0 aromatic heterocycles. The monoisotopic (exact) mass is 193 g/mol. The average molecular weight is 194 g/mol. The molecule has 0 spiro atoms. The second-order valence-electron chi connectivity index (χ2n) is 3.68. The number of nitrogens with zero attached hydrogens (tertiary/aromatic N) is 1. The zero-order chi connectivity index (χ0) is 7.14. The molecule has 2 bridgehead atoms. The van der Waals surface area contributed by atoms with Crippen LogP contribution in [0.1, 0.15) is 25.7 Å². The fraction of sp³-hybridized carbons (Fsp3) is 1.00. The van der Waals surface area contributed by atoms with Crippen LogP contribution in [0.4, 0.5) is 0 Å². The van der Waals surface area contributed by atoms with Gasteiger partial charge in [0.15, 0.2) is 0 Å². The molecule has 2 saturated heterocycles. The first kappa shape index (κ1) is 9.69. The fourth-order valence-corrected chi connectivity index (χ4v) is 2.87. The lowest BCUT2D eigenvalue weighted by Crippen LogP contribution is -2.40. The van der Waals surface area contributed by atoms with Crippen molar-refractivity contribution in [2.75, 3.05) is 7.05 Å². The van der Waals surface area contributed by atoms with Crippen molar-refractivity contribution in [1.29, 1.82) is 0 Å². The van der Waals surface area contributed by atoms with Crippen LogP contribution in [0.3, 0.4) is 0 Å². The Balaban J connectivity index is 0.000000605. The van der Waals surface area contributed by atoms with Crippen molar-refractivity contribution in [3.8, 4) is 0 Å². The van der Waals surface area contributed by atoms with Gasteiger partial charge < -0.3 is 4.90 Å². The molecule has 2 heterocycles. The molecule has 2 fully saturated rings. The highest BCUT2D eigenvalue weighted by Crippen LogP contribution is 2.35. The van der Waals surface area contributed by atoms with Crippen molar-refractivity contribution in [2.24, 2.45) is 0 Å². The molecule has 0 amide bonds. The van der Waals surface area contributed by atoms with Crippen molar-refractivity contribution in [1.82, 2.24) is 4.90 Å². The molecule has 0 aromatic carbocycles. The SMILES string of the molecule is CN1C2CCC1CC(S)C2.Cl. The number of hydrogen-bond acceptors (Lipinski definition) is 2. The van der Waals surface area contributed by atoms with E-state index in [2.05, 4.69) is 24.6 Å². The third-order valence-electron chi connectivity index (χ3n) is 3.07. The van der Waals surface area contributed by atoms with Gasteiger partial charge in [-0.2, -0.15) is 12.6 Å². The summed E-state index contributed by atoms with van der Waals surface area (Å²) in [5.74, 6) is 0. The first-order valence-electron chi connectivity index (χ1n) is 4.17. The van der Waals surface area contributed by atoms with Crippen LogP contribution >= 0.6 is 25.0 Å². The van der Waals surface area contributed by atoms with Crippen molar-refractivity contribution < 1.29 is 0 Å². The highest BCUT2D eigenvalue weighted by atomic mass is 35.5. The molecule has 11 heavy (non-hydrogen) atoms. The van der Waals surface area contributed by atoms with Crippen molar-refractivity contribution in [3.63, 3.8) is 0 Å². The van der Waals surface area contributed by atoms with Gasteiger partial charge in [0, 0.05) is 17.3 Å². The summed E-state index contributed by atoms with van der Waals surface area (Å²) in [6, 6.07) is 1.72. The van der Waals surface area contributed by atoms with E-state index in [0.29, 0.717) is 5.25 Å². The van der Waals surface area contributed by atoms with E-state index in [1.54, 1.807) is 0 Å². The Morgan fingerprint density at radius 1 is 1.18 bits per heavy atom. The molecule has 0 aromatic rings. The highest BCUT2D eigenvalue weighted by Gasteiger charge is 2.36. The molecule has 66 valence electrons. The summed E-state index contributed by atoms with van der Waals surface area (Å²) in [5.41, 5.74) is 0. The molecule has 2 rings (SSSR count). The molecule has 3 heteroatoms. The molecule has 2 aliphatic rings. The Kier molecular flexibility index (Phi) is 3.12. The third kappa shape index (κ3) is 1.68. The van der Waals surface area contributed by atoms with Crippen LogP contribution < -0.4 is 0 Å². The molecule has 0 aliphatic carbocycles. The maximum Gasteiger partial charge on any atom is 0.0106 e. The molecular weight excluding hydrogens is 178 g/mol. The van der Waals surface area contributed by atoms with Gasteiger partial charge >= 0.3 is 0 Å². The summed E-state index contributed by atoms with van der Waals surface area (Å²) in [5, 5.41) is 0.689. The van der Waals surface area contributed by atoms with Crippen molar-refractivity contribution in [3.05, 3.63) is 0 Å². The predicted molar refractivity (Wildman–Crippen MR) is 53.8 cm³/mol. The third-order valence-corrected chi connectivity index (χ3v) is 3.49. The zero-order valence-corrected chi connectivity index (χ0v) is 8.57. The second-order valence-corrected chi connectivity index (χ2v) is 4.41. The molecule has 2 atom stereocenters. The minimum atomic E-state index is 0. The van der Waals surface area contributed by atoms with Gasteiger partial charge in [-0.1, -0.05) is 0 Å². The van der Waals surface area contributed by atoms with E-state index in [1.807, 2.05) is 0 Å². The molecule has 1 nitrogen and oxygen atoms in total. The van der Waals surface area contributed by atoms with Gasteiger partial charge in [-0.3, -0.25) is 0 Å². The van der Waals surface area contributed by atoms with Gasteiger partial charge in [0.25, 0.3) is 0 Å². The summed E-state index contributed by atoms with van der Waals surface area (Å²) in [6.45, 7) is 0. The first-order chi connectivity index (χ1) is 4.77. The van der Waals surface area contributed by atoms with Gasteiger partial charge in [0.05, 0.1) is 0 Å². The first-order valence-corrected chi connectivity index (χ1v) is 4.69. The van der Waals surface area contributed by atoms with Gasteiger partial charge in [0.2, 0.25) is 0 Å². The smallest absolute Gasteiger partial charge is 0.0106 e. The lowest BCUT2D eigenvalue weighted by molar-refractivity contribution is 0.183. The van der Waals surface area contributed by atoms with Crippen molar-refractivity contribution in [2.45, 2.75) is 43.0 Å². The van der Waals surface area contributed by atoms with E-state index >= 15 is 0 Å². The van der Waals surface area contributed by atoms with E-state index in [-0.39, 0.29) is 12.4 Å². The maximum absolute atomic E-state index is 4.53. The lowest BCUT2D eigenvalue weighted by atomic mass is 10.0. The number of rotatable bonds is 0. The summed E-state index contributed by atoms with van der Waals surface area (Å²) in [4.78, 5) is 2.55. The van der Waals surface area contributed by atoms with E-state index in [0.717, 1.165) is 12.1 Å². The number of hydrogen-bond donors (Lipinski definition) is 1. The Hall–Kier alpha value is 0.600. The molecule has 2 aliphatic heterocycles. The van der Waals surface area contributed by atoms with Crippen LogP contribution in [0.15, 0.2) is 0 Å². The zero-order valence-electron chi connectivity index (χ0n) is 6.86. The minimum absolute atomic E-state index is 0. The Labute approximate surface area is 80.4 Å². The van der Waals surface area contributed by atoms with Crippen LogP contribution in [-0.2, 0) is 0 Å². The summed E-state index contributed by atoms with van der Waals surface area (Å²) >= 11 is 4.53. The fourth-order valence-electron chi connectivity index (χ4n) is 2.38. The summed E-state index contributed by atoms with van der Waals surface area (Å²) in [6.07, 6.45) is 5.46. The number of fused-ring (bicyclic) bond motifs is 2. The van der Waals surface area contributed by atoms with E-state index in [4.69, 9.17) is 0 Å². The molecule has 0 radical (unpaired) electrons. The van der Waals surface area contributed by atoms with Crippen LogP contribution in [0.5, 0.6) is 0 Å². The largest absolute Gasteiger partial charge is 0.300 e. The second kappa shape index (κ2) is 3.55. The maximum atomic E-state index is 4.53. The average Bonchev–Trinajstić information content (AvgIpc) is 2.20. The molecular formula is C8H16ClNS. The van der Waals surface area contributed by atoms with Gasteiger partial charge in [-0.15, -0.1) is 12.4 Å². The highest BCUT2D eigenvalue weighted by molar-refractivity contribution is 7.80.